The van der Waals surface area contributed by atoms with E-state index in [1.54, 1.807) is 18.2 Å². The summed E-state index contributed by atoms with van der Waals surface area (Å²) in [6.45, 7) is 8.58. The summed E-state index contributed by atoms with van der Waals surface area (Å²) in [5.41, 5.74) is 12.4. The van der Waals surface area contributed by atoms with Crippen molar-refractivity contribution in [2.75, 3.05) is 11.9 Å². The number of hydrogen-bond donors (Lipinski definition) is 4. The summed E-state index contributed by atoms with van der Waals surface area (Å²) in [6.07, 6.45) is 0.625. The standard InChI is InChI=1S/C17H28N4O2/c1-11(21-16(23)14(18)9-17(2,3)4)10-20-13-7-5-6-12(8-13)15(19)22/h5-8,11,14,20H,9-10,18H2,1-4H3,(H2,19,22)(H,21,23)/t11-,14-/m0/s1. The molecule has 0 aliphatic heterocycles. The third-order valence-corrected chi connectivity index (χ3v) is 3.32. The van der Waals surface area contributed by atoms with Gasteiger partial charge in [0.05, 0.1) is 6.04 Å². The van der Waals surface area contributed by atoms with E-state index in [1.807, 2.05) is 13.0 Å². The molecule has 0 bridgehead atoms. The third kappa shape index (κ3) is 7.15. The Labute approximate surface area is 138 Å². The van der Waals surface area contributed by atoms with Crippen molar-refractivity contribution < 1.29 is 9.59 Å². The van der Waals surface area contributed by atoms with Crippen LogP contribution < -0.4 is 22.1 Å². The molecule has 128 valence electrons. The van der Waals surface area contributed by atoms with Gasteiger partial charge in [0.2, 0.25) is 11.8 Å². The van der Waals surface area contributed by atoms with Gasteiger partial charge in [0, 0.05) is 23.8 Å². The molecule has 2 amide bonds. The lowest BCUT2D eigenvalue weighted by atomic mass is 9.88. The maximum absolute atomic E-state index is 12.1. The maximum Gasteiger partial charge on any atom is 0.248 e. The van der Waals surface area contributed by atoms with Crippen molar-refractivity contribution in [3.05, 3.63) is 29.8 Å². The average Bonchev–Trinajstić information content (AvgIpc) is 2.43. The van der Waals surface area contributed by atoms with Crippen LogP contribution in [0, 0.1) is 5.41 Å². The first-order valence-corrected chi connectivity index (χ1v) is 7.78. The Bertz CT molecular complexity index is 552. The summed E-state index contributed by atoms with van der Waals surface area (Å²) in [4.78, 5) is 23.2. The highest BCUT2D eigenvalue weighted by Crippen LogP contribution is 2.19. The molecule has 0 saturated heterocycles. The Morgan fingerprint density at radius 3 is 2.48 bits per heavy atom. The fourth-order valence-electron chi connectivity index (χ4n) is 2.21. The quantitative estimate of drug-likeness (QED) is 0.609. The second-order valence-corrected chi connectivity index (χ2v) is 7.11. The predicted molar refractivity (Wildman–Crippen MR) is 93.1 cm³/mol. The lowest BCUT2D eigenvalue weighted by molar-refractivity contribution is -0.123. The van der Waals surface area contributed by atoms with Crippen molar-refractivity contribution in [2.45, 2.75) is 46.2 Å². The van der Waals surface area contributed by atoms with Crippen LogP contribution in [0.3, 0.4) is 0 Å². The summed E-state index contributed by atoms with van der Waals surface area (Å²) >= 11 is 0. The molecule has 0 radical (unpaired) electrons. The summed E-state index contributed by atoms with van der Waals surface area (Å²) < 4.78 is 0. The van der Waals surface area contributed by atoms with E-state index in [0.29, 0.717) is 18.5 Å². The summed E-state index contributed by atoms with van der Waals surface area (Å²) in [7, 11) is 0. The first-order valence-electron chi connectivity index (χ1n) is 7.78. The van der Waals surface area contributed by atoms with Gasteiger partial charge in [0.25, 0.3) is 0 Å². The van der Waals surface area contributed by atoms with E-state index in [1.165, 1.54) is 0 Å². The molecule has 0 fully saturated rings. The first kappa shape index (κ1) is 19.0. The van der Waals surface area contributed by atoms with Crippen LogP contribution in [0.15, 0.2) is 24.3 Å². The van der Waals surface area contributed by atoms with Crippen LogP contribution in [0.4, 0.5) is 5.69 Å². The van der Waals surface area contributed by atoms with Gasteiger partial charge in [0.1, 0.15) is 0 Å². The number of carbonyl (C=O) groups is 2. The zero-order valence-corrected chi connectivity index (χ0v) is 14.3. The van der Waals surface area contributed by atoms with E-state index in [2.05, 4.69) is 31.4 Å². The fraction of sp³-hybridized carbons (Fsp3) is 0.529. The second-order valence-electron chi connectivity index (χ2n) is 7.11. The highest BCUT2D eigenvalue weighted by Gasteiger charge is 2.22. The zero-order valence-electron chi connectivity index (χ0n) is 14.3. The molecule has 0 unspecified atom stereocenters. The molecule has 0 aliphatic carbocycles. The minimum atomic E-state index is -0.518. The van der Waals surface area contributed by atoms with Gasteiger partial charge in [-0.1, -0.05) is 26.8 Å². The largest absolute Gasteiger partial charge is 0.383 e. The Morgan fingerprint density at radius 1 is 1.26 bits per heavy atom. The second kappa shape index (κ2) is 7.97. The highest BCUT2D eigenvalue weighted by molar-refractivity contribution is 5.93. The Balaban J connectivity index is 2.48. The molecule has 0 aliphatic rings. The van der Waals surface area contributed by atoms with Gasteiger partial charge in [-0.2, -0.15) is 0 Å². The molecule has 2 atom stereocenters. The molecule has 1 rings (SSSR count). The van der Waals surface area contributed by atoms with Crippen molar-refractivity contribution >= 4 is 17.5 Å². The van der Waals surface area contributed by atoms with Crippen molar-refractivity contribution in [1.82, 2.24) is 5.32 Å². The van der Waals surface area contributed by atoms with Gasteiger partial charge in [-0.25, -0.2) is 0 Å². The summed E-state index contributed by atoms with van der Waals surface area (Å²) in [5, 5.41) is 6.06. The smallest absolute Gasteiger partial charge is 0.248 e. The number of carbonyl (C=O) groups excluding carboxylic acids is 2. The van der Waals surface area contributed by atoms with Crippen LogP contribution in [-0.2, 0) is 4.79 Å². The number of benzene rings is 1. The summed E-state index contributed by atoms with van der Waals surface area (Å²) in [6, 6.07) is 6.32. The Morgan fingerprint density at radius 2 is 1.91 bits per heavy atom. The van der Waals surface area contributed by atoms with Gasteiger partial charge in [-0.05, 0) is 37.0 Å². The molecule has 6 N–H and O–H groups in total. The molecule has 1 aromatic rings. The number of primary amides is 1. The third-order valence-electron chi connectivity index (χ3n) is 3.32. The van der Waals surface area contributed by atoms with Gasteiger partial charge in [-0.15, -0.1) is 0 Å². The van der Waals surface area contributed by atoms with E-state index in [0.717, 1.165) is 5.69 Å². The van der Waals surface area contributed by atoms with E-state index in [4.69, 9.17) is 11.5 Å². The van der Waals surface area contributed by atoms with Crippen molar-refractivity contribution in [2.24, 2.45) is 16.9 Å². The van der Waals surface area contributed by atoms with E-state index in [-0.39, 0.29) is 17.4 Å². The van der Waals surface area contributed by atoms with Crippen LogP contribution in [0.1, 0.15) is 44.5 Å². The molecule has 0 aromatic heterocycles. The van der Waals surface area contributed by atoms with Crippen molar-refractivity contribution in [3.8, 4) is 0 Å². The van der Waals surface area contributed by atoms with E-state index in [9.17, 15) is 9.59 Å². The number of nitrogens with two attached hydrogens (primary N) is 2. The van der Waals surface area contributed by atoms with Gasteiger partial charge in [0.15, 0.2) is 0 Å². The number of hydrogen-bond acceptors (Lipinski definition) is 4. The SMILES string of the molecule is C[C@@H](CNc1cccc(C(N)=O)c1)NC(=O)[C@@H](N)CC(C)(C)C. The van der Waals surface area contributed by atoms with Gasteiger partial charge < -0.3 is 22.1 Å². The normalized spacial score (nSPS) is 14.0. The van der Waals surface area contributed by atoms with Crippen molar-refractivity contribution in [1.29, 1.82) is 0 Å². The summed E-state index contributed by atoms with van der Waals surface area (Å²) in [5.74, 6) is -0.622. The molecule has 6 nitrogen and oxygen atoms in total. The van der Waals surface area contributed by atoms with Crippen LogP contribution in [0.5, 0.6) is 0 Å². The highest BCUT2D eigenvalue weighted by atomic mass is 16.2. The van der Waals surface area contributed by atoms with Crippen LogP contribution >= 0.6 is 0 Å². The van der Waals surface area contributed by atoms with E-state index < -0.39 is 11.9 Å². The molecule has 0 spiro atoms. The zero-order chi connectivity index (χ0) is 17.6. The lowest BCUT2D eigenvalue weighted by Crippen LogP contribution is -2.47. The van der Waals surface area contributed by atoms with Crippen molar-refractivity contribution in [3.63, 3.8) is 0 Å². The maximum atomic E-state index is 12.1. The average molecular weight is 320 g/mol. The number of amides is 2. The minimum absolute atomic E-state index is 0.00739. The molecule has 0 heterocycles. The number of rotatable bonds is 7. The molecule has 23 heavy (non-hydrogen) atoms. The Kier molecular flexibility index (Phi) is 6.57. The monoisotopic (exact) mass is 320 g/mol. The lowest BCUT2D eigenvalue weighted by Gasteiger charge is -2.24. The molecule has 1 aromatic carbocycles. The van der Waals surface area contributed by atoms with Gasteiger partial charge in [-0.3, -0.25) is 9.59 Å². The minimum Gasteiger partial charge on any atom is -0.383 e. The molecular formula is C17H28N4O2. The predicted octanol–water partition coefficient (Wildman–Crippen LogP) is 1.47. The topological polar surface area (TPSA) is 110 Å². The van der Waals surface area contributed by atoms with Crippen LogP contribution in [0.25, 0.3) is 0 Å². The fourth-order valence-corrected chi connectivity index (χ4v) is 2.21. The van der Waals surface area contributed by atoms with E-state index >= 15 is 0 Å². The van der Waals surface area contributed by atoms with Crippen LogP contribution in [0.2, 0.25) is 0 Å². The number of anilines is 1. The first-order chi connectivity index (χ1) is 10.6. The molecule has 0 saturated carbocycles. The Hall–Kier alpha value is -2.08. The van der Waals surface area contributed by atoms with Crippen LogP contribution in [-0.4, -0.2) is 30.4 Å². The molecule has 6 heteroatoms. The number of nitrogens with one attached hydrogen (secondary N) is 2. The van der Waals surface area contributed by atoms with Gasteiger partial charge >= 0.3 is 0 Å². The molecular weight excluding hydrogens is 292 g/mol.